The lowest BCUT2D eigenvalue weighted by Gasteiger charge is -1.97. The normalized spacial score (nSPS) is 10.8. The zero-order chi connectivity index (χ0) is 11.4. The summed E-state index contributed by atoms with van der Waals surface area (Å²) in [5.74, 6) is 0.115. The SMILES string of the molecule is Oc1ccc(N=Nc2ccccc2)c(Cl)c1. The van der Waals surface area contributed by atoms with E-state index in [-0.39, 0.29) is 5.75 Å². The molecule has 2 aromatic carbocycles. The lowest BCUT2D eigenvalue weighted by Crippen LogP contribution is -1.68. The van der Waals surface area contributed by atoms with E-state index in [0.717, 1.165) is 5.69 Å². The second-order valence-corrected chi connectivity index (χ2v) is 3.58. The molecule has 0 aromatic heterocycles. The average Bonchev–Trinajstić information content (AvgIpc) is 2.29. The Hall–Kier alpha value is -1.87. The van der Waals surface area contributed by atoms with Gasteiger partial charge in [0, 0.05) is 6.07 Å². The van der Waals surface area contributed by atoms with E-state index in [0.29, 0.717) is 10.7 Å². The van der Waals surface area contributed by atoms with E-state index >= 15 is 0 Å². The van der Waals surface area contributed by atoms with Crippen LogP contribution < -0.4 is 0 Å². The monoisotopic (exact) mass is 232 g/mol. The fourth-order valence-electron chi connectivity index (χ4n) is 1.18. The van der Waals surface area contributed by atoms with Crippen molar-refractivity contribution >= 4 is 23.0 Å². The highest BCUT2D eigenvalue weighted by Gasteiger charge is 1.99. The highest BCUT2D eigenvalue weighted by molar-refractivity contribution is 6.33. The third-order valence-corrected chi connectivity index (χ3v) is 2.26. The largest absolute Gasteiger partial charge is 0.508 e. The Labute approximate surface area is 98.0 Å². The van der Waals surface area contributed by atoms with Gasteiger partial charge < -0.3 is 5.11 Å². The summed E-state index contributed by atoms with van der Waals surface area (Å²) in [4.78, 5) is 0. The highest BCUT2D eigenvalue weighted by atomic mass is 35.5. The number of hydrogen-bond donors (Lipinski definition) is 1. The van der Waals surface area contributed by atoms with Gasteiger partial charge in [0.15, 0.2) is 0 Å². The van der Waals surface area contributed by atoms with Crippen LogP contribution >= 0.6 is 11.6 Å². The summed E-state index contributed by atoms with van der Waals surface area (Å²) in [7, 11) is 0. The second-order valence-electron chi connectivity index (χ2n) is 3.17. The highest BCUT2D eigenvalue weighted by Crippen LogP contribution is 2.29. The first-order valence-electron chi connectivity index (χ1n) is 4.71. The van der Waals surface area contributed by atoms with Crippen molar-refractivity contribution in [3.05, 3.63) is 53.6 Å². The van der Waals surface area contributed by atoms with Gasteiger partial charge in [0.2, 0.25) is 0 Å². The van der Waals surface area contributed by atoms with Gasteiger partial charge in [-0.25, -0.2) is 0 Å². The molecule has 3 nitrogen and oxygen atoms in total. The maximum Gasteiger partial charge on any atom is 0.117 e. The van der Waals surface area contributed by atoms with Gasteiger partial charge in [-0.2, -0.15) is 5.11 Å². The lowest BCUT2D eigenvalue weighted by molar-refractivity contribution is 0.475. The van der Waals surface area contributed by atoms with Crippen LogP contribution in [0.2, 0.25) is 5.02 Å². The number of hydrogen-bond acceptors (Lipinski definition) is 3. The van der Waals surface area contributed by atoms with Crippen LogP contribution in [0.1, 0.15) is 0 Å². The number of rotatable bonds is 2. The van der Waals surface area contributed by atoms with E-state index in [1.54, 1.807) is 6.07 Å². The lowest BCUT2D eigenvalue weighted by atomic mass is 10.3. The second kappa shape index (κ2) is 4.77. The van der Waals surface area contributed by atoms with E-state index in [9.17, 15) is 0 Å². The molecule has 4 heteroatoms. The molecule has 0 saturated heterocycles. The Morgan fingerprint density at radius 1 is 0.938 bits per heavy atom. The van der Waals surface area contributed by atoms with E-state index < -0.39 is 0 Å². The van der Waals surface area contributed by atoms with E-state index in [1.165, 1.54) is 12.1 Å². The molecule has 16 heavy (non-hydrogen) atoms. The predicted octanol–water partition coefficient (Wildman–Crippen LogP) is 4.46. The van der Waals surface area contributed by atoms with Crippen LogP contribution in [0.15, 0.2) is 58.8 Å². The number of nitrogens with zero attached hydrogens (tertiary/aromatic N) is 2. The van der Waals surface area contributed by atoms with Gasteiger partial charge in [-0.3, -0.25) is 0 Å². The Morgan fingerprint density at radius 2 is 1.69 bits per heavy atom. The van der Waals surface area contributed by atoms with E-state index in [2.05, 4.69) is 10.2 Å². The van der Waals surface area contributed by atoms with Crippen molar-refractivity contribution in [3.8, 4) is 5.75 Å². The number of halogens is 1. The molecule has 0 amide bonds. The predicted molar refractivity (Wildman–Crippen MR) is 63.7 cm³/mol. The van der Waals surface area contributed by atoms with Crippen molar-refractivity contribution < 1.29 is 5.11 Å². The first-order chi connectivity index (χ1) is 7.75. The molecule has 0 bridgehead atoms. The van der Waals surface area contributed by atoms with Crippen LogP contribution in [0.5, 0.6) is 5.75 Å². The molecule has 0 fully saturated rings. The van der Waals surface area contributed by atoms with Crippen LogP contribution in [0.3, 0.4) is 0 Å². The summed E-state index contributed by atoms with van der Waals surface area (Å²) < 4.78 is 0. The minimum atomic E-state index is 0.115. The van der Waals surface area contributed by atoms with Gasteiger partial charge in [-0.15, -0.1) is 5.11 Å². The number of phenolic OH excluding ortho intramolecular Hbond substituents is 1. The molecule has 0 spiro atoms. The first kappa shape index (κ1) is 10.6. The zero-order valence-electron chi connectivity index (χ0n) is 8.34. The van der Waals surface area contributed by atoms with Gasteiger partial charge in [0.05, 0.1) is 10.7 Å². The Kier molecular flexibility index (Phi) is 3.17. The van der Waals surface area contributed by atoms with Crippen LogP contribution in [0.25, 0.3) is 0 Å². The minimum Gasteiger partial charge on any atom is -0.508 e. The summed E-state index contributed by atoms with van der Waals surface area (Å²) in [6.45, 7) is 0. The molecular formula is C12H9ClN2O. The molecule has 0 saturated carbocycles. The summed E-state index contributed by atoms with van der Waals surface area (Å²) >= 11 is 5.88. The van der Waals surface area contributed by atoms with Crippen LogP contribution in [0, 0.1) is 0 Å². The van der Waals surface area contributed by atoms with E-state index in [1.807, 2.05) is 30.3 Å². The molecule has 0 unspecified atom stereocenters. The fraction of sp³-hybridized carbons (Fsp3) is 0. The number of aromatic hydroxyl groups is 1. The first-order valence-corrected chi connectivity index (χ1v) is 5.09. The van der Waals surface area contributed by atoms with Crippen molar-refractivity contribution in [1.29, 1.82) is 0 Å². The van der Waals surface area contributed by atoms with Gasteiger partial charge in [-0.1, -0.05) is 29.8 Å². The molecular weight excluding hydrogens is 224 g/mol. The maximum atomic E-state index is 9.17. The molecule has 0 aliphatic carbocycles. The molecule has 2 rings (SSSR count). The summed E-state index contributed by atoms with van der Waals surface area (Å²) in [5.41, 5.74) is 1.29. The molecule has 80 valence electrons. The smallest absolute Gasteiger partial charge is 0.117 e. The van der Waals surface area contributed by atoms with Crippen molar-refractivity contribution in [1.82, 2.24) is 0 Å². The number of azo groups is 1. The minimum absolute atomic E-state index is 0.115. The molecule has 1 N–H and O–H groups in total. The fourth-order valence-corrected chi connectivity index (χ4v) is 1.40. The van der Waals surface area contributed by atoms with E-state index in [4.69, 9.17) is 16.7 Å². The molecule has 0 heterocycles. The molecule has 2 aromatic rings. The van der Waals surface area contributed by atoms with Crippen molar-refractivity contribution in [2.45, 2.75) is 0 Å². The summed E-state index contributed by atoms with van der Waals surface area (Å²) in [5, 5.41) is 17.6. The molecule has 0 atom stereocenters. The van der Waals surface area contributed by atoms with Gasteiger partial charge in [-0.05, 0) is 24.3 Å². The van der Waals surface area contributed by atoms with Crippen molar-refractivity contribution in [3.63, 3.8) is 0 Å². The topological polar surface area (TPSA) is 45.0 Å². The van der Waals surface area contributed by atoms with Crippen molar-refractivity contribution in [2.75, 3.05) is 0 Å². The third-order valence-electron chi connectivity index (χ3n) is 1.96. The Morgan fingerprint density at radius 3 is 2.38 bits per heavy atom. The van der Waals surface area contributed by atoms with Crippen molar-refractivity contribution in [2.24, 2.45) is 10.2 Å². The van der Waals surface area contributed by atoms with Gasteiger partial charge in [0.1, 0.15) is 11.4 Å². The Balaban J connectivity index is 2.24. The van der Waals surface area contributed by atoms with Gasteiger partial charge >= 0.3 is 0 Å². The average molecular weight is 233 g/mol. The third kappa shape index (κ3) is 2.58. The van der Waals surface area contributed by atoms with Crippen LogP contribution in [-0.2, 0) is 0 Å². The maximum absolute atomic E-state index is 9.17. The van der Waals surface area contributed by atoms with Crippen LogP contribution in [-0.4, -0.2) is 5.11 Å². The molecule has 0 aliphatic rings. The number of phenols is 1. The Bertz CT molecular complexity index is 512. The standard InChI is InChI=1S/C12H9ClN2O/c13-11-8-10(16)6-7-12(11)15-14-9-4-2-1-3-5-9/h1-8,16H. The molecule has 0 aliphatic heterocycles. The van der Waals surface area contributed by atoms with Crippen LogP contribution in [0.4, 0.5) is 11.4 Å². The van der Waals surface area contributed by atoms with Gasteiger partial charge in [0.25, 0.3) is 0 Å². The molecule has 0 radical (unpaired) electrons. The summed E-state index contributed by atoms with van der Waals surface area (Å²) in [6, 6.07) is 13.9. The zero-order valence-corrected chi connectivity index (χ0v) is 9.09. The number of benzene rings is 2. The quantitative estimate of drug-likeness (QED) is 0.764. The summed E-state index contributed by atoms with van der Waals surface area (Å²) in [6.07, 6.45) is 0.